The van der Waals surface area contributed by atoms with Gasteiger partial charge < -0.3 is 19.7 Å². The first-order valence-electron chi connectivity index (χ1n) is 9.57. The minimum Gasteiger partial charge on any atom is -0.454 e. The van der Waals surface area contributed by atoms with Crippen LogP contribution < -0.4 is 14.8 Å². The molecular formula is C19H30IN5O2. The summed E-state index contributed by atoms with van der Waals surface area (Å²) in [5, 5.41) is 3.43. The number of halogens is 1. The maximum absolute atomic E-state index is 5.49. The van der Waals surface area contributed by atoms with E-state index < -0.39 is 0 Å². The first-order chi connectivity index (χ1) is 12.7. The van der Waals surface area contributed by atoms with Crippen molar-refractivity contribution in [3.63, 3.8) is 0 Å². The van der Waals surface area contributed by atoms with E-state index in [2.05, 4.69) is 46.1 Å². The lowest BCUT2D eigenvalue weighted by molar-refractivity contribution is 0.0173. The number of rotatable bonds is 5. The Morgan fingerprint density at radius 3 is 2.70 bits per heavy atom. The van der Waals surface area contributed by atoms with Crippen molar-refractivity contribution < 1.29 is 9.47 Å². The number of aliphatic imine (C=N–C) groups is 1. The van der Waals surface area contributed by atoms with Crippen LogP contribution in [0.5, 0.6) is 11.5 Å². The normalized spacial score (nSPS) is 25.9. The third kappa shape index (κ3) is 4.78. The van der Waals surface area contributed by atoms with Crippen LogP contribution in [0, 0.1) is 0 Å². The number of hydrogen-bond acceptors (Lipinski definition) is 5. The van der Waals surface area contributed by atoms with E-state index in [-0.39, 0.29) is 24.0 Å². The molecule has 7 nitrogen and oxygen atoms in total. The summed E-state index contributed by atoms with van der Waals surface area (Å²) in [6.45, 7) is 10.9. The topological polar surface area (TPSA) is 52.6 Å². The van der Waals surface area contributed by atoms with Gasteiger partial charge in [0.25, 0.3) is 0 Å². The van der Waals surface area contributed by atoms with Crippen LogP contribution in [-0.2, 0) is 6.54 Å². The number of ether oxygens (including phenoxy) is 2. The Morgan fingerprint density at radius 1 is 1.22 bits per heavy atom. The van der Waals surface area contributed by atoms with E-state index in [0.717, 1.165) is 43.6 Å². The third-order valence-corrected chi connectivity index (χ3v) is 5.40. The van der Waals surface area contributed by atoms with Gasteiger partial charge in [-0.2, -0.15) is 0 Å². The molecule has 3 fully saturated rings. The van der Waals surface area contributed by atoms with Gasteiger partial charge in [-0.25, -0.2) is 0 Å². The van der Waals surface area contributed by atoms with Crippen LogP contribution in [0.15, 0.2) is 23.2 Å². The fourth-order valence-corrected chi connectivity index (χ4v) is 3.95. The van der Waals surface area contributed by atoms with Crippen LogP contribution in [0.2, 0.25) is 0 Å². The van der Waals surface area contributed by atoms with Crippen molar-refractivity contribution in [2.75, 3.05) is 59.7 Å². The molecule has 0 spiro atoms. The van der Waals surface area contributed by atoms with Gasteiger partial charge in [0.15, 0.2) is 17.5 Å². The molecule has 150 valence electrons. The summed E-state index contributed by atoms with van der Waals surface area (Å²) in [6, 6.07) is 6.68. The van der Waals surface area contributed by atoms with E-state index in [4.69, 9.17) is 14.5 Å². The van der Waals surface area contributed by atoms with Crippen LogP contribution >= 0.6 is 24.0 Å². The lowest BCUT2D eigenvalue weighted by Crippen LogP contribution is -2.62. The molecule has 4 heterocycles. The minimum absolute atomic E-state index is 0. The quantitative estimate of drug-likeness (QED) is 0.386. The van der Waals surface area contributed by atoms with Gasteiger partial charge >= 0.3 is 0 Å². The van der Waals surface area contributed by atoms with E-state index in [0.29, 0.717) is 12.8 Å². The van der Waals surface area contributed by atoms with Crippen molar-refractivity contribution in [1.29, 1.82) is 0 Å². The van der Waals surface area contributed by atoms with Crippen molar-refractivity contribution in [1.82, 2.24) is 20.0 Å². The fraction of sp³-hybridized carbons (Fsp3) is 0.632. The molecule has 0 aliphatic carbocycles. The van der Waals surface area contributed by atoms with Gasteiger partial charge in [0.05, 0.1) is 6.54 Å². The van der Waals surface area contributed by atoms with Gasteiger partial charge in [0.2, 0.25) is 6.79 Å². The van der Waals surface area contributed by atoms with E-state index >= 15 is 0 Å². The Kier molecular flexibility index (Phi) is 7.04. The summed E-state index contributed by atoms with van der Waals surface area (Å²) in [7, 11) is 2.09. The highest BCUT2D eigenvalue weighted by molar-refractivity contribution is 14.0. The molecule has 1 aromatic rings. The molecule has 0 aromatic heterocycles. The molecule has 27 heavy (non-hydrogen) atoms. The zero-order chi connectivity index (χ0) is 17.9. The second-order valence-electron chi connectivity index (χ2n) is 7.23. The molecule has 4 aliphatic heterocycles. The average Bonchev–Trinajstić information content (AvgIpc) is 3.14. The fourth-order valence-electron chi connectivity index (χ4n) is 3.95. The van der Waals surface area contributed by atoms with Crippen LogP contribution in [0.4, 0.5) is 0 Å². The van der Waals surface area contributed by atoms with Crippen molar-refractivity contribution >= 4 is 29.9 Å². The Bertz CT molecular complexity index is 664. The average molecular weight is 487 g/mol. The number of hydrogen-bond donors (Lipinski definition) is 1. The summed E-state index contributed by atoms with van der Waals surface area (Å²) >= 11 is 0. The van der Waals surface area contributed by atoms with Crippen LogP contribution in [0.25, 0.3) is 0 Å². The SMILES string of the molecule is CCNC(=NCC1CN2CCN1CC2)N(C)Cc1ccc2c(c1)OCO2.I. The number of benzene rings is 1. The van der Waals surface area contributed by atoms with Gasteiger partial charge in [0.1, 0.15) is 0 Å². The molecular weight excluding hydrogens is 457 g/mol. The van der Waals surface area contributed by atoms with E-state index in [1.54, 1.807) is 0 Å². The maximum atomic E-state index is 5.49. The number of nitrogens with one attached hydrogen (secondary N) is 1. The second kappa shape index (κ2) is 9.29. The molecule has 8 heteroatoms. The first-order valence-corrected chi connectivity index (χ1v) is 9.57. The highest BCUT2D eigenvalue weighted by atomic mass is 127. The molecule has 0 radical (unpaired) electrons. The summed E-state index contributed by atoms with van der Waals surface area (Å²) in [5.41, 5.74) is 1.19. The molecule has 2 bridgehead atoms. The Morgan fingerprint density at radius 2 is 2.00 bits per heavy atom. The second-order valence-corrected chi connectivity index (χ2v) is 7.23. The van der Waals surface area contributed by atoms with Gasteiger partial charge in [0, 0.05) is 58.9 Å². The molecule has 1 N–H and O–H groups in total. The zero-order valence-electron chi connectivity index (χ0n) is 16.2. The molecule has 1 aromatic carbocycles. The van der Waals surface area contributed by atoms with Gasteiger partial charge in [-0.3, -0.25) is 14.8 Å². The van der Waals surface area contributed by atoms with E-state index in [1.165, 1.54) is 31.7 Å². The summed E-state index contributed by atoms with van der Waals surface area (Å²) in [4.78, 5) is 12.3. The Balaban J connectivity index is 0.00000210. The first kappa shape index (κ1) is 20.5. The molecule has 5 rings (SSSR count). The molecule has 4 aliphatic rings. The largest absolute Gasteiger partial charge is 0.454 e. The lowest BCUT2D eigenvalue weighted by Gasteiger charge is -2.47. The van der Waals surface area contributed by atoms with Crippen molar-refractivity contribution in [2.24, 2.45) is 4.99 Å². The molecule has 3 saturated heterocycles. The molecule has 0 amide bonds. The smallest absolute Gasteiger partial charge is 0.231 e. The standard InChI is InChI=1S/C19H29N5O2.HI/c1-3-20-19(21-11-16-13-23-6-8-24(16)9-7-23)22(2)12-15-4-5-17-18(10-15)26-14-25-17;/h4-5,10,16H,3,6-9,11-14H2,1-2H3,(H,20,21);1H. The Hall–Kier alpha value is -1.26. The molecule has 0 saturated carbocycles. The number of guanidine groups is 1. The van der Waals surface area contributed by atoms with Gasteiger partial charge in [-0.15, -0.1) is 24.0 Å². The predicted molar refractivity (Wildman–Crippen MR) is 117 cm³/mol. The summed E-state index contributed by atoms with van der Waals surface area (Å²) in [6.07, 6.45) is 0. The van der Waals surface area contributed by atoms with Gasteiger partial charge in [-0.1, -0.05) is 6.07 Å². The molecule has 1 unspecified atom stereocenters. The molecule has 1 atom stereocenters. The third-order valence-electron chi connectivity index (χ3n) is 5.40. The number of fused-ring (bicyclic) bond motifs is 4. The summed E-state index contributed by atoms with van der Waals surface area (Å²) < 4.78 is 10.9. The maximum Gasteiger partial charge on any atom is 0.231 e. The highest BCUT2D eigenvalue weighted by Gasteiger charge is 2.31. The zero-order valence-corrected chi connectivity index (χ0v) is 18.5. The van der Waals surface area contributed by atoms with Crippen molar-refractivity contribution in [3.8, 4) is 11.5 Å². The lowest BCUT2D eigenvalue weighted by atomic mass is 10.1. The highest BCUT2D eigenvalue weighted by Crippen LogP contribution is 2.32. The van der Waals surface area contributed by atoms with Gasteiger partial charge in [-0.05, 0) is 24.6 Å². The van der Waals surface area contributed by atoms with Crippen LogP contribution in [0.1, 0.15) is 12.5 Å². The Labute approximate surface area is 178 Å². The van der Waals surface area contributed by atoms with Crippen LogP contribution in [-0.4, -0.2) is 86.4 Å². The number of piperazine rings is 3. The van der Waals surface area contributed by atoms with E-state index in [1.807, 2.05) is 6.07 Å². The van der Waals surface area contributed by atoms with Crippen molar-refractivity contribution in [3.05, 3.63) is 23.8 Å². The predicted octanol–water partition coefficient (Wildman–Crippen LogP) is 1.43. The van der Waals surface area contributed by atoms with Crippen LogP contribution in [0.3, 0.4) is 0 Å². The van der Waals surface area contributed by atoms with E-state index in [9.17, 15) is 0 Å². The monoisotopic (exact) mass is 487 g/mol. The summed E-state index contributed by atoms with van der Waals surface area (Å²) in [5.74, 6) is 2.62. The van der Waals surface area contributed by atoms with Crippen molar-refractivity contribution in [2.45, 2.75) is 19.5 Å². The number of nitrogens with zero attached hydrogens (tertiary/aromatic N) is 4. The minimum atomic E-state index is 0.